The molecule has 1 N–H and O–H groups in total. The summed E-state index contributed by atoms with van der Waals surface area (Å²) in [6.45, 7) is 0.150. The van der Waals surface area contributed by atoms with Crippen LogP contribution in [0.5, 0.6) is 5.75 Å². The van der Waals surface area contributed by atoms with Crippen molar-refractivity contribution in [3.63, 3.8) is 0 Å². The highest BCUT2D eigenvalue weighted by atomic mass is 16.5. The Balaban J connectivity index is 1.71. The van der Waals surface area contributed by atoms with E-state index < -0.39 is 5.97 Å². The van der Waals surface area contributed by atoms with Crippen LogP contribution in [0.25, 0.3) is 10.8 Å². The van der Waals surface area contributed by atoms with Gasteiger partial charge in [-0.15, -0.1) is 0 Å². The largest absolute Gasteiger partial charge is 0.497 e. The summed E-state index contributed by atoms with van der Waals surface area (Å²) in [6, 6.07) is 14.3. The first-order valence-electron chi connectivity index (χ1n) is 7.42. The van der Waals surface area contributed by atoms with Gasteiger partial charge in [-0.1, -0.05) is 30.3 Å². The van der Waals surface area contributed by atoms with Crippen molar-refractivity contribution in [3.05, 3.63) is 70.1 Å². The fourth-order valence-corrected chi connectivity index (χ4v) is 2.42. The fourth-order valence-electron chi connectivity index (χ4n) is 2.42. The molecule has 3 rings (SSSR count). The number of hydrogen-bond donors (Lipinski definition) is 1. The van der Waals surface area contributed by atoms with Crippen LogP contribution in [0.2, 0.25) is 0 Å². The summed E-state index contributed by atoms with van der Waals surface area (Å²) in [5, 5.41) is 7.53. The standard InChI is InChI=1S/C18H16N2O4/c1-23-13-6-4-5-12(9-13)11-24-17(21)10-16-14-7-2-3-8-15(14)18(22)20-19-16/h2-9H,10-11H2,1H3,(H,20,22). The van der Waals surface area contributed by atoms with Crippen LogP contribution in [-0.2, 0) is 22.6 Å². The Labute approximate surface area is 138 Å². The molecule has 0 radical (unpaired) electrons. The van der Waals surface area contributed by atoms with E-state index in [1.54, 1.807) is 37.4 Å². The number of carbonyl (C=O) groups is 1. The molecule has 0 spiro atoms. The van der Waals surface area contributed by atoms with Gasteiger partial charge in [-0.25, -0.2) is 5.10 Å². The van der Waals surface area contributed by atoms with Crippen molar-refractivity contribution in [1.82, 2.24) is 10.2 Å². The van der Waals surface area contributed by atoms with Crippen LogP contribution in [0, 0.1) is 0 Å². The average Bonchev–Trinajstić information content (AvgIpc) is 2.63. The Hall–Kier alpha value is -3.15. The molecule has 0 amide bonds. The van der Waals surface area contributed by atoms with E-state index in [0.717, 1.165) is 5.56 Å². The molecular formula is C18H16N2O4. The molecular weight excluding hydrogens is 308 g/mol. The maximum Gasteiger partial charge on any atom is 0.312 e. The van der Waals surface area contributed by atoms with E-state index in [2.05, 4.69) is 10.2 Å². The monoisotopic (exact) mass is 324 g/mol. The van der Waals surface area contributed by atoms with Crippen LogP contribution < -0.4 is 10.3 Å². The van der Waals surface area contributed by atoms with Crippen LogP contribution in [-0.4, -0.2) is 23.3 Å². The zero-order valence-electron chi connectivity index (χ0n) is 13.1. The second-order valence-electron chi connectivity index (χ2n) is 5.23. The molecule has 1 aromatic heterocycles. The molecule has 122 valence electrons. The normalized spacial score (nSPS) is 10.5. The summed E-state index contributed by atoms with van der Waals surface area (Å²) in [5.41, 5.74) is 1.04. The maximum absolute atomic E-state index is 12.1. The lowest BCUT2D eigenvalue weighted by Crippen LogP contribution is -2.15. The Bertz CT molecular complexity index is 933. The van der Waals surface area contributed by atoms with Gasteiger partial charge in [0.05, 0.1) is 24.6 Å². The highest BCUT2D eigenvalue weighted by Crippen LogP contribution is 2.15. The highest BCUT2D eigenvalue weighted by molar-refractivity contribution is 5.86. The quantitative estimate of drug-likeness (QED) is 0.728. The number of nitrogens with one attached hydrogen (secondary N) is 1. The molecule has 0 aliphatic rings. The third kappa shape index (κ3) is 3.43. The first kappa shape index (κ1) is 15.7. The van der Waals surface area contributed by atoms with E-state index in [1.807, 2.05) is 18.2 Å². The van der Waals surface area contributed by atoms with Gasteiger partial charge in [0.2, 0.25) is 0 Å². The Morgan fingerprint density at radius 2 is 1.92 bits per heavy atom. The number of carbonyl (C=O) groups excluding carboxylic acids is 1. The van der Waals surface area contributed by atoms with Gasteiger partial charge in [0, 0.05) is 5.39 Å². The molecule has 3 aromatic rings. The van der Waals surface area contributed by atoms with E-state index in [4.69, 9.17) is 9.47 Å². The number of methoxy groups -OCH3 is 1. The topological polar surface area (TPSA) is 81.3 Å². The van der Waals surface area contributed by atoms with E-state index >= 15 is 0 Å². The van der Waals surface area contributed by atoms with Gasteiger partial charge >= 0.3 is 5.97 Å². The molecule has 2 aromatic carbocycles. The van der Waals surface area contributed by atoms with Gasteiger partial charge in [-0.05, 0) is 23.8 Å². The van der Waals surface area contributed by atoms with Gasteiger partial charge in [-0.2, -0.15) is 5.10 Å². The lowest BCUT2D eigenvalue weighted by molar-refractivity contribution is -0.144. The minimum Gasteiger partial charge on any atom is -0.497 e. The Kier molecular flexibility index (Phi) is 4.56. The molecule has 0 saturated heterocycles. The van der Waals surface area contributed by atoms with E-state index in [1.165, 1.54) is 0 Å². The predicted molar refractivity (Wildman–Crippen MR) is 88.9 cm³/mol. The van der Waals surface area contributed by atoms with Gasteiger partial charge in [-0.3, -0.25) is 9.59 Å². The van der Waals surface area contributed by atoms with E-state index in [-0.39, 0.29) is 18.6 Å². The number of esters is 1. The van der Waals surface area contributed by atoms with E-state index in [9.17, 15) is 9.59 Å². The van der Waals surface area contributed by atoms with Crippen molar-refractivity contribution < 1.29 is 14.3 Å². The number of H-pyrrole nitrogens is 1. The third-order valence-electron chi connectivity index (χ3n) is 3.62. The van der Waals surface area contributed by atoms with Crippen LogP contribution in [0.4, 0.5) is 0 Å². The summed E-state index contributed by atoms with van der Waals surface area (Å²) in [4.78, 5) is 23.8. The lowest BCUT2D eigenvalue weighted by atomic mass is 10.1. The number of aromatic nitrogens is 2. The molecule has 6 heteroatoms. The van der Waals surface area contributed by atoms with Crippen molar-refractivity contribution in [1.29, 1.82) is 0 Å². The molecule has 0 atom stereocenters. The second-order valence-corrected chi connectivity index (χ2v) is 5.23. The Morgan fingerprint density at radius 3 is 2.71 bits per heavy atom. The van der Waals surface area contributed by atoms with Crippen LogP contribution in [0.3, 0.4) is 0 Å². The number of hydrogen-bond acceptors (Lipinski definition) is 5. The summed E-state index contributed by atoms with van der Waals surface area (Å²) >= 11 is 0. The van der Waals surface area contributed by atoms with Crippen LogP contribution in [0.1, 0.15) is 11.3 Å². The number of nitrogens with zero attached hydrogens (tertiary/aromatic N) is 1. The van der Waals surface area contributed by atoms with Crippen molar-refractivity contribution in [2.45, 2.75) is 13.0 Å². The molecule has 0 saturated carbocycles. The zero-order valence-corrected chi connectivity index (χ0v) is 13.1. The third-order valence-corrected chi connectivity index (χ3v) is 3.62. The molecule has 0 aliphatic carbocycles. The van der Waals surface area contributed by atoms with Crippen molar-refractivity contribution >= 4 is 16.7 Å². The predicted octanol–water partition coefficient (Wildman–Crippen LogP) is 2.22. The minimum absolute atomic E-state index is 0.0126. The fraction of sp³-hybridized carbons (Fsp3) is 0.167. The van der Waals surface area contributed by atoms with Crippen molar-refractivity contribution in [2.24, 2.45) is 0 Å². The lowest BCUT2D eigenvalue weighted by Gasteiger charge is -2.07. The highest BCUT2D eigenvalue weighted by Gasteiger charge is 2.12. The summed E-state index contributed by atoms with van der Waals surface area (Å²) in [5.74, 6) is 0.291. The molecule has 0 aliphatic heterocycles. The van der Waals surface area contributed by atoms with Gasteiger partial charge in [0.15, 0.2) is 0 Å². The number of ether oxygens (including phenoxy) is 2. The molecule has 0 bridgehead atoms. The van der Waals surface area contributed by atoms with Crippen LogP contribution in [0.15, 0.2) is 53.3 Å². The zero-order chi connectivity index (χ0) is 16.9. The average molecular weight is 324 g/mol. The Morgan fingerprint density at radius 1 is 1.12 bits per heavy atom. The molecule has 0 unspecified atom stereocenters. The second kappa shape index (κ2) is 6.95. The SMILES string of the molecule is COc1cccc(COC(=O)Cc2n[nH]c(=O)c3ccccc23)c1. The van der Waals surface area contributed by atoms with Gasteiger partial charge in [0.1, 0.15) is 12.4 Å². The molecule has 24 heavy (non-hydrogen) atoms. The molecule has 0 fully saturated rings. The minimum atomic E-state index is -0.414. The summed E-state index contributed by atoms with van der Waals surface area (Å²) < 4.78 is 10.4. The number of rotatable bonds is 5. The van der Waals surface area contributed by atoms with Gasteiger partial charge < -0.3 is 9.47 Å². The smallest absolute Gasteiger partial charge is 0.312 e. The number of fused-ring (bicyclic) bond motifs is 1. The van der Waals surface area contributed by atoms with Crippen molar-refractivity contribution in [2.75, 3.05) is 7.11 Å². The summed E-state index contributed by atoms with van der Waals surface area (Å²) in [7, 11) is 1.58. The number of benzene rings is 2. The first-order chi connectivity index (χ1) is 11.7. The van der Waals surface area contributed by atoms with Gasteiger partial charge in [0.25, 0.3) is 5.56 Å². The molecule has 6 nitrogen and oxygen atoms in total. The summed E-state index contributed by atoms with van der Waals surface area (Å²) in [6.07, 6.45) is -0.0126. The number of aromatic amines is 1. The first-order valence-corrected chi connectivity index (χ1v) is 7.42. The van der Waals surface area contributed by atoms with E-state index in [0.29, 0.717) is 22.2 Å². The van der Waals surface area contributed by atoms with Crippen LogP contribution >= 0.6 is 0 Å². The maximum atomic E-state index is 12.1. The molecule has 1 heterocycles. The van der Waals surface area contributed by atoms with Crippen molar-refractivity contribution in [3.8, 4) is 5.75 Å².